The van der Waals surface area contributed by atoms with E-state index in [0.717, 1.165) is 48.8 Å². The topological polar surface area (TPSA) is 90.0 Å². The first-order valence-corrected chi connectivity index (χ1v) is 9.16. The number of nitrogens with zero attached hydrogens (tertiary/aromatic N) is 1. The zero-order valence-electron chi connectivity index (χ0n) is 14.8. The minimum Gasteiger partial charge on any atom is -0.390 e. The highest BCUT2D eigenvalue weighted by molar-refractivity contribution is 6.06. The molecular formula is C19H26N4O2. The molecule has 2 aliphatic carbocycles. The van der Waals surface area contributed by atoms with Gasteiger partial charge in [-0.3, -0.25) is 4.79 Å². The van der Waals surface area contributed by atoms with Gasteiger partial charge in [-0.1, -0.05) is 6.92 Å². The number of aliphatic hydroxyl groups is 1. The molecule has 0 aliphatic heterocycles. The lowest BCUT2D eigenvalue weighted by Gasteiger charge is -2.48. The summed E-state index contributed by atoms with van der Waals surface area (Å²) in [5, 5.41) is 18.1. The van der Waals surface area contributed by atoms with Crippen LogP contribution in [0.1, 0.15) is 49.4 Å². The fourth-order valence-electron chi connectivity index (χ4n) is 4.92. The first-order chi connectivity index (χ1) is 12.0. The van der Waals surface area contributed by atoms with Crippen molar-refractivity contribution in [2.75, 3.05) is 12.4 Å². The van der Waals surface area contributed by atoms with Crippen LogP contribution >= 0.6 is 0 Å². The van der Waals surface area contributed by atoms with Crippen molar-refractivity contribution in [3.8, 4) is 0 Å². The number of rotatable bonds is 3. The molecule has 2 saturated carbocycles. The first kappa shape index (κ1) is 16.4. The third-order valence-electron chi connectivity index (χ3n) is 5.95. The van der Waals surface area contributed by atoms with Crippen LogP contribution in [0.5, 0.6) is 0 Å². The fourth-order valence-corrected chi connectivity index (χ4v) is 4.92. The Balaban J connectivity index is 1.68. The summed E-state index contributed by atoms with van der Waals surface area (Å²) in [4.78, 5) is 19.8. The van der Waals surface area contributed by atoms with Crippen LogP contribution in [0.3, 0.4) is 0 Å². The zero-order chi connectivity index (χ0) is 17.6. The van der Waals surface area contributed by atoms with E-state index in [1.165, 1.54) is 0 Å². The van der Waals surface area contributed by atoms with E-state index in [1.807, 2.05) is 12.3 Å². The number of aromatic nitrogens is 2. The molecule has 2 aromatic rings. The summed E-state index contributed by atoms with van der Waals surface area (Å²) in [7, 11) is 1.64. The number of anilines is 1. The molecule has 2 aromatic heterocycles. The second-order valence-corrected chi connectivity index (χ2v) is 7.89. The number of nitrogens with one attached hydrogen (secondary N) is 3. The molecule has 2 bridgehead atoms. The van der Waals surface area contributed by atoms with E-state index in [-0.39, 0.29) is 11.9 Å². The zero-order valence-corrected chi connectivity index (χ0v) is 14.8. The Kier molecular flexibility index (Phi) is 3.95. The lowest BCUT2D eigenvalue weighted by atomic mass is 9.64. The molecule has 25 heavy (non-hydrogen) atoms. The smallest absolute Gasteiger partial charge is 0.254 e. The third-order valence-corrected chi connectivity index (χ3v) is 5.95. The van der Waals surface area contributed by atoms with Crippen molar-refractivity contribution in [3.05, 3.63) is 24.0 Å². The molecule has 0 radical (unpaired) electrons. The Bertz CT molecular complexity index is 802. The number of carbonyl (C=O) groups is 1. The van der Waals surface area contributed by atoms with Gasteiger partial charge in [0.05, 0.1) is 16.9 Å². The Morgan fingerprint density at radius 1 is 1.44 bits per heavy atom. The number of carbonyl (C=O) groups excluding carboxylic acids is 1. The average molecular weight is 342 g/mol. The van der Waals surface area contributed by atoms with Crippen LogP contribution in [0.4, 0.5) is 5.69 Å². The number of fused-ring (bicyclic) bond motifs is 3. The van der Waals surface area contributed by atoms with E-state index in [1.54, 1.807) is 13.2 Å². The number of hydrogen-bond acceptors (Lipinski definition) is 4. The fraction of sp³-hybridized carbons (Fsp3) is 0.579. The Hall–Kier alpha value is -2.08. The second-order valence-electron chi connectivity index (χ2n) is 7.89. The summed E-state index contributed by atoms with van der Waals surface area (Å²) in [6.45, 7) is 2.23. The largest absolute Gasteiger partial charge is 0.390 e. The number of amides is 1. The first-order valence-electron chi connectivity index (χ1n) is 9.16. The molecule has 6 heteroatoms. The van der Waals surface area contributed by atoms with Crippen molar-refractivity contribution >= 4 is 22.6 Å². The van der Waals surface area contributed by atoms with Crippen LogP contribution in [0.2, 0.25) is 0 Å². The van der Waals surface area contributed by atoms with Crippen molar-refractivity contribution in [2.45, 2.75) is 50.7 Å². The van der Waals surface area contributed by atoms with Gasteiger partial charge in [0.2, 0.25) is 0 Å². The van der Waals surface area contributed by atoms with E-state index >= 15 is 0 Å². The number of hydrogen-bond donors (Lipinski definition) is 4. The SMILES string of the molecule is CNC(=O)c1cnc2[nH]ccc2c1N[C@H]1CC[C@]2(O)CC(C)C[C@H]1C2. The van der Waals surface area contributed by atoms with E-state index < -0.39 is 5.60 Å². The Labute approximate surface area is 147 Å². The number of H-pyrrole nitrogens is 1. The molecular weight excluding hydrogens is 316 g/mol. The summed E-state index contributed by atoms with van der Waals surface area (Å²) in [6, 6.07) is 2.23. The molecule has 134 valence electrons. The lowest BCUT2D eigenvalue weighted by molar-refractivity contribution is -0.0677. The van der Waals surface area contributed by atoms with E-state index in [9.17, 15) is 9.90 Å². The van der Waals surface area contributed by atoms with Crippen molar-refractivity contribution in [1.29, 1.82) is 0 Å². The predicted molar refractivity (Wildman–Crippen MR) is 97.6 cm³/mol. The van der Waals surface area contributed by atoms with Crippen molar-refractivity contribution in [1.82, 2.24) is 15.3 Å². The normalized spacial score (nSPS) is 31.7. The van der Waals surface area contributed by atoms with Gasteiger partial charge in [0.1, 0.15) is 5.65 Å². The molecule has 2 fully saturated rings. The Morgan fingerprint density at radius 2 is 2.28 bits per heavy atom. The van der Waals surface area contributed by atoms with Gasteiger partial charge in [-0.25, -0.2) is 4.98 Å². The van der Waals surface area contributed by atoms with Crippen LogP contribution in [-0.4, -0.2) is 39.7 Å². The highest BCUT2D eigenvalue weighted by atomic mass is 16.3. The molecule has 6 nitrogen and oxygen atoms in total. The van der Waals surface area contributed by atoms with Crippen LogP contribution in [0, 0.1) is 11.8 Å². The monoisotopic (exact) mass is 342 g/mol. The van der Waals surface area contributed by atoms with Gasteiger partial charge in [0, 0.05) is 30.9 Å². The maximum atomic E-state index is 12.3. The molecule has 1 unspecified atom stereocenters. The predicted octanol–water partition coefficient (Wildman–Crippen LogP) is 2.66. The minimum absolute atomic E-state index is 0.137. The van der Waals surface area contributed by atoms with E-state index in [0.29, 0.717) is 17.4 Å². The summed E-state index contributed by atoms with van der Waals surface area (Å²) in [5.41, 5.74) is 1.70. The van der Waals surface area contributed by atoms with Crippen molar-refractivity contribution < 1.29 is 9.90 Å². The standard InChI is InChI=1S/C19H26N4O2/c1-11-7-12-9-19(25,8-11)5-3-15(12)23-16-13-4-6-21-17(13)22-10-14(16)18(24)20-2/h4,6,10-12,15,25H,3,5,7-9H2,1-2H3,(H,20,24)(H2,21,22,23)/t11?,12-,15-,19-/m0/s1. The molecule has 4 atom stereocenters. The Morgan fingerprint density at radius 3 is 3.08 bits per heavy atom. The van der Waals surface area contributed by atoms with Crippen LogP contribution in [-0.2, 0) is 0 Å². The quantitative estimate of drug-likeness (QED) is 0.690. The van der Waals surface area contributed by atoms with Gasteiger partial charge in [-0.05, 0) is 50.0 Å². The average Bonchev–Trinajstić information content (AvgIpc) is 3.05. The van der Waals surface area contributed by atoms with E-state index in [2.05, 4.69) is 27.5 Å². The van der Waals surface area contributed by atoms with Gasteiger partial charge in [-0.15, -0.1) is 0 Å². The lowest BCUT2D eigenvalue weighted by Crippen LogP contribution is -2.49. The van der Waals surface area contributed by atoms with E-state index in [4.69, 9.17) is 0 Å². The highest BCUT2D eigenvalue weighted by Crippen LogP contribution is 2.46. The third kappa shape index (κ3) is 2.88. The van der Waals surface area contributed by atoms with Gasteiger partial charge in [0.25, 0.3) is 5.91 Å². The summed E-state index contributed by atoms with van der Waals surface area (Å²) >= 11 is 0. The molecule has 0 spiro atoms. The summed E-state index contributed by atoms with van der Waals surface area (Å²) in [6.07, 6.45) is 8.11. The van der Waals surface area contributed by atoms with Crippen molar-refractivity contribution in [3.63, 3.8) is 0 Å². The maximum absolute atomic E-state index is 12.3. The summed E-state index contributed by atoms with van der Waals surface area (Å²) < 4.78 is 0. The van der Waals surface area contributed by atoms with Gasteiger partial charge < -0.3 is 20.7 Å². The molecule has 4 rings (SSSR count). The van der Waals surface area contributed by atoms with Gasteiger partial charge >= 0.3 is 0 Å². The molecule has 4 N–H and O–H groups in total. The van der Waals surface area contributed by atoms with Crippen LogP contribution in [0.25, 0.3) is 11.0 Å². The molecule has 2 aliphatic rings. The van der Waals surface area contributed by atoms with Crippen LogP contribution in [0.15, 0.2) is 18.5 Å². The summed E-state index contributed by atoms with van der Waals surface area (Å²) in [5.74, 6) is 0.834. The second kappa shape index (κ2) is 6.02. The van der Waals surface area contributed by atoms with Crippen LogP contribution < -0.4 is 10.6 Å². The molecule has 0 saturated heterocycles. The maximum Gasteiger partial charge on any atom is 0.254 e. The highest BCUT2D eigenvalue weighted by Gasteiger charge is 2.44. The molecule has 1 amide bonds. The molecule has 2 heterocycles. The molecule has 0 aromatic carbocycles. The van der Waals surface area contributed by atoms with Crippen molar-refractivity contribution in [2.24, 2.45) is 11.8 Å². The van der Waals surface area contributed by atoms with Gasteiger partial charge in [-0.2, -0.15) is 0 Å². The van der Waals surface area contributed by atoms with Gasteiger partial charge in [0.15, 0.2) is 0 Å². The number of aromatic amines is 1. The number of pyridine rings is 1. The minimum atomic E-state index is -0.494.